The molecule has 0 spiro atoms. The van der Waals surface area contributed by atoms with Crippen molar-refractivity contribution in [2.75, 3.05) is 0 Å². The van der Waals surface area contributed by atoms with E-state index in [1.165, 1.54) is 174 Å². The maximum absolute atomic E-state index is 9.90. The number of hydrogen-bond acceptors (Lipinski definition) is 4. The normalized spacial score (nSPS) is 11.9. The van der Waals surface area contributed by atoms with Crippen molar-refractivity contribution in [2.45, 2.75) is 229 Å². The number of rotatable bonds is 30. The van der Waals surface area contributed by atoms with Crippen LogP contribution in [-0.2, 0) is 38.5 Å². The van der Waals surface area contributed by atoms with E-state index in [9.17, 15) is 10.2 Å². The van der Waals surface area contributed by atoms with E-state index in [0.717, 1.165) is 66.4 Å². The van der Waals surface area contributed by atoms with Crippen LogP contribution in [0.1, 0.15) is 224 Å². The Bertz CT molecular complexity index is 1940. The van der Waals surface area contributed by atoms with E-state index >= 15 is 0 Å². The molecule has 4 nitrogen and oxygen atoms in total. The van der Waals surface area contributed by atoms with Crippen LogP contribution in [0.3, 0.4) is 0 Å². The molecule has 4 heteroatoms. The molecule has 0 aliphatic heterocycles. The summed E-state index contributed by atoms with van der Waals surface area (Å²) in [6.07, 6.45) is 32.4. The molecule has 0 saturated heterocycles. The van der Waals surface area contributed by atoms with E-state index in [-0.39, 0.29) is 11.5 Å². The Balaban J connectivity index is 0.000000387. The van der Waals surface area contributed by atoms with E-state index in [1.54, 1.807) is 12.1 Å². The van der Waals surface area contributed by atoms with Crippen LogP contribution in [0.4, 0.5) is 11.4 Å². The standard InChI is InChI=1S/C38H60N2.C21H30O2/c1-7-13-18-19-24-38(40-36-28-26-32(21-15-9-3)34(30-36)23-17-11-5)37(12-6)39-35-27-25-31(20-14-8-2)33(29-35)22-16-10-4;1-3-5-7-9-10-16-12-13-17-14-20(22)21(23)15-19(17)18(16)11-8-6-4-2/h25-30H,7-24H2,1-6H3;12-15,22-23H,3-11H2,1-2H3. The lowest BCUT2D eigenvalue weighted by atomic mass is 9.91. The van der Waals surface area contributed by atoms with Gasteiger partial charge in [-0.2, -0.15) is 0 Å². The number of benzene rings is 4. The maximum Gasteiger partial charge on any atom is 0.158 e. The van der Waals surface area contributed by atoms with Gasteiger partial charge < -0.3 is 10.2 Å². The lowest BCUT2D eigenvalue weighted by molar-refractivity contribution is 0.405. The van der Waals surface area contributed by atoms with Crippen molar-refractivity contribution in [1.82, 2.24) is 0 Å². The molecule has 0 aliphatic rings. The quantitative estimate of drug-likeness (QED) is 0.0312. The molecule has 0 radical (unpaired) electrons. The summed E-state index contributed by atoms with van der Waals surface area (Å²) in [5.74, 6) is -0.0509. The van der Waals surface area contributed by atoms with Crippen LogP contribution in [0, 0.1) is 0 Å². The van der Waals surface area contributed by atoms with Gasteiger partial charge in [-0.1, -0.05) is 157 Å². The highest BCUT2D eigenvalue weighted by Gasteiger charge is 2.13. The second-order valence-electron chi connectivity index (χ2n) is 18.1. The average Bonchev–Trinajstić information content (AvgIpc) is 3.29. The third-order valence-corrected chi connectivity index (χ3v) is 12.7. The molecule has 63 heavy (non-hydrogen) atoms. The number of phenols is 2. The first-order valence-electron chi connectivity index (χ1n) is 26.1. The second kappa shape index (κ2) is 31.9. The zero-order valence-corrected chi connectivity index (χ0v) is 41.7. The van der Waals surface area contributed by atoms with Gasteiger partial charge >= 0.3 is 0 Å². The van der Waals surface area contributed by atoms with Crippen LogP contribution >= 0.6 is 0 Å². The van der Waals surface area contributed by atoms with Crippen molar-refractivity contribution in [3.8, 4) is 11.5 Å². The number of aromatic hydroxyl groups is 2. The molecule has 0 aromatic heterocycles. The number of aliphatic imine (C=N–C) groups is 2. The van der Waals surface area contributed by atoms with Gasteiger partial charge in [-0.15, -0.1) is 0 Å². The van der Waals surface area contributed by atoms with Gasteiger partial charge in [0.2, 0.25) is 0 Å². The van der Waals surface area contributed by atoms with Crippen molar-refractivity contribution >= 4 is 33.6 Å². The highest BCUT2D eigenvalue weighted by atomic mass is 16.3. The molecule has 0 amide bonds. The van der Waals surface area contributed by atoms with Crippen molar-refractivity contribution in [2.24, 2.45) is 9.98 Å². The van der Waals surface area contributed by atoms with Crippen molar-refractivity contribution < 1.29 is 10.2 Å². The molecule has 0 fully saturated rings. The van der Waals surface area contributed by atoms with Crippen molar-refractivity contribution in [3.63, 3.8) is 0 Å². The summed E-state index contributed by atoms with van der Waals surface area (Å²) < 4.78 is 0. The van der Waals surface area contributed by atoms with Gasteiger partial charge in [0.05, 0.1) is 22.8 Å². The number of unbranched alkanes of at least 4 members (excludes halogenated alkanes) is 12. The van der Waals surface area contributed by atoms with Gasteiger partial charge in [-0.25, -0.2) is 0 Å². The molecule has 0 saturated carbocycles. The third kappa shape index (κ3) is 19.0. The SMILES string of the molecule is CCCCCCC(=Nc1ccc(CCCC)c(CCCC)c1)C(CC)=Nc1ccc(CCCC)c(CCCC)c1.CCCCCCc1ccc2cc(O)c(O)cc2c1CCCCC. The van der Waals surface area contributed by atoms with Crippen LogP contribution < -0.4 is 0 Å². The molecule has 4 aromatic rings. The molecule has 0 bridgehead atoms. The van der Waals surface area contributed by atoms with Crippen LogP contribution in [0.25, 0.3) is 10.8 Å². The summed E-state index contributed by atoms with van der Waals surface area (Å²) in [5, 5.41) is 21.8. The van der Waals surface area contributed by atoms with Crippen LogP contribution in [0.15, 0.2) is 70.6 Å². The number of fused-ring (bicyclic) bond motifs is 1. The smallest absolute Gasteiger partial charge is 0.158 e. The minimum Gasteiger partial charge on any atom is -0.504 e. The lowest BCUT2D eigenvalue weighted by Crippen LogP contribution is -2.13. The van der Waals surface area contributed by atoms with E-state index in [1.807, 2.05) is 0 Å². The molecule has 0 atom stereocenters. The summed E-state index contributed by atoms with van der Waals surface area (Å²) >= 11 is 0. The zero-order chi connectivity index (χ0) is 45.7. The largest absolute Gasteiger partial charge is 0.504 e. The molecule has 0 unspecified atom stereocenters. The van der Waals surface area contributed by atoms with E-state index in [4.69, 9.17) is 9.98 Å². The first-order valence-corrected chi connectivity index (χ1v) is 26.1. The Morgan fingerprint density at radius 2 is 0.810 bits per heavy atom. The van der Waals surface area contributed by atoms with E-state index < -0.39 is 0 Å². The Morgan fingerprint density at radius 1 is 0.381 bits per heavy atom. The number of hydrogen-bond donors (Lipinski definition) is 2. The lowest BCUT2D eigenvalue weighted by Gasteiger charge is -2.14. The molecule has 4 aromatic carbocycles. The molecule has 2 N–H and O–H groups in total. The summed E-state index contributed by atoms with van der Waals surface area (Å²) in [7, 11) is 0. The van der Waals surface area contributed by atoms with Gasteiger partial charge in [0, 0.05) is 0 Å². The summed E-state index contributed by atoms with van der Waals surface area (Å²) in [5.41, 5.74) is 13.4. The van der Waals surface area contributed by atoms with E-state index in [2.05, 4.69) is 104 Å². The minimum absolute atomic E-state index is 0.0163. The van der Waals surface area contributed by atoms with E-state index in [0.29, 0.717) is 0 Å². The summed E-state index contributed by atoms with van der Waals surface area (Å²) in [4.78, 5) is 10.6. The topological polar surface area (TPSA) is 65.2 Å². The Labute approximate surface area is 386 Å². The van der Waals surface area contributed by atoms with Gasteiger partial charge in [0.15, 0.2) is 11.5 Å². The predicted octanol–water partition coefficient (Wildman–Crippen LogP) is 18.4. The van der Waals surface area contributed by atoms with Gasteiger partial charge in [-0.3, -0.25) is 9.98 Å². The van der Waals surface area contributed by atoms with Gasteiger partial charge in [0.25, 0.3) is 0 Å². The maximum atomic E-state index is 9.90. The predicted molar refractivity (Wildman–Crippen MR) is 279 cm³/mol. The Morgan fingerprint density at radius 3 is 1.33 bits per heavy atom. The zero-order valence-electron chi connectivity index (χ0n) is 41.7. The third-order valence-electron chi connectivity index (χ3n) is 12.7. The van der Waals surface area contributed by atoms with Gasteiger partial charge in [-0.05, 0) is 177 Å². The fraction of sp³-hybridized carbons (Fsp3) is 0.593. The van der Waals surface area contributed by atoms with Crippen LogP contribution in [-0.4, -0.2) is 21.6 Å². The number of phenolic OH excluding ortho intramolecular Hbond substituents is 2. The van der Waals surface area contributed by atoms with Gasteiger partial charge in [0.1, 0.15) is 0 Å². The average molecular weight is 859 g/mol. The van der Waals surface area contributed by atoms with Crippen LogP contribution in [0.5, 0.6) is 11.5 Å². The highest BCUT2D eigenvalue weighted by molar-refractivity contribution is 6.43. The fourth-order valence-electron chi connectivity index (χ4n) is 8.71. The monoisotopic (exact) mass is 859 g/mol. The molecular formula is C59H90N2O2. The van der Waals surface area contributed by atoms with Crippen LogP contribution in [0.2, 0.25) is 0 Å². The molecule has 0 aliphatic carbocycles. The minimum atomic E-state index is -0.0345. The van der Waals surface area contributed by atoms with Crippen molar-refractivity contribution in [1.29, 1.82) is 0 Å². The first-order chi connectivity index (χ1) is 30.8. The highest BCUT2D eigenvalue weighted by Crippen LogP contribution is 2.35. The molecule has 0 heterocycles. The number of aryl methyl sites for hydroxylation is 6. The first kappa shape index (κ1) is 53.4. The second-order valence-corrected chi connectivity index (χ2v) is 18.1. The number of nitrogens with zero attached hydrogens (tertiary/aromatic N) is 2. The summed E-state index contributed by atoms with van der Waals surface area (Å²) in [6, 6.07) is 21.7. The molecule has 4 rings (SSSR count). The molecule has 348 valence electrons. The fourth-order valence-corrected chi connectivity index (χ4v) is 8.71. The molecular weight excluding hydrogens is 769 g/mol. The summed E-state index contributed by atoms with van der Waals surface area (Å²) in [6.45, 7) is 18.1. The Hall–Kier alpha value is -3.92. The van der Waals surface area contributed by atoms with Crippen molar-refractivity contribution in [3.05, 3.63) is 94.0 Å². The Kier molecular flexibility index (Phi) is 27.0.